The number of alkyl halides is 3. The largest absolute Gasteiger partial charge is 0.493 e. The summed E-state index contributed by atoms with van der Waals surface area (Å²) in [6.45, 7) is 2.29. The van der Waals surface area contributed by atoms with E-state index >= 15 is 0 Å². The summed E-state index contributed by atoms with van der Waals surface area (Å²) in [5.41, 5.74) is -0.826. The molecule has 0 bridgehead atoms. The number of anilines is 1. The number of carbonyl (C=O) groups excluding carboxylic acids is 2. The normalized spacial score (nSPS) is 13.8. The van der Waals surface area contributed by atoms with Crippen molar-refractivity contribution in [3.8, 4) is 11.8 Å². The summed E-state index contributed by atoms with van der Waals surface area (Å²) in [5, 5.41) is 8.74. The number of hydrogen-bond acceptors (Lipinski definition) is 6. The molecular formula is C28H26F3N3O5. The number of nitrogens with zero attached hydrogens (tertiary/aromatic N) is 3. The minimum Gasteiger partial charge on any atom is -0.493 e. The van der Waals surface area contributed by atoms with E-state index in [-0.39, 0.29) is 36.6 Å². The molecule has 0 spiro atoms. The number of ether oxygens (including phenoxy) is 1. The second-order valence-electron chi connectivity index (χ2n) is 9.13. The van der Waals surface area contributed by atoms with E-state index in [1.807, 2.05) is 13.0 Å². The van der Waals surface area contributed by atoms with Crippen LogP contribution in [0.3, 0.4) is 0 Å². The molecule has 1 aromatic heterocycles. The fourth-order valence-corrected chi connectivity index (χ4v) is 4.53. The minimum absolute atomic E-state index is 0.0673. The van der Waals surface area contributed by atoms with E-state index in [2.05, 4.69) is 0 Å². The second-order valence-corrected chi connectivity index (χ2v) is 9.13. The molecule has 1 fully saturated rings. The van der Waals surface area contributed by atoms with Gasteiger partial charge in [0.15, 0.2) is 0 Å². The summed E-state index contributed by atoms with van der Waals surface area (Å²) in [4.78, 5) is 39.5. The van der Waals surface area contributed by atoms with Gasteiger partial charge in [0.05, 0.1) is 23.8 Å². The second kappa shape index (κ2) is 11.6. The summed E-state index contributed by atoms with van der Waals surface area (Å²) < 4.78 is 51.4. The van der Waals surface area contributed by atoms with E-state index in [0.717, 1.165) is 0 Å². The monoisotopic (exact) mass is 541 g/mol. The lowest BCUT2D eigenvalue weighted by molar-refractivity contribution is -0.136. The highest BCUT2D eigenvalue weighted by molar-refractivity contribution is 6.12. The van der Waals surface area contributed by atoms with Gasteiger partial charge in [0, 0.05) is 29.2 Å². The van der Waals surface area contributed by atoms with Crippen LogP contribution in [0.5, 0.6) is 5.75 Å². The molecule has 3 aromatic rings. The third-order valence-electron chi connectivity index (χ3n) is 6.43. The average molecular weight is 542 g/mol. The van der Waals surface area contributed by atoms with E-state index < -0.39 is 23.4 Å². The zero-order valence-corrected chi connectivity index (χ0v) is 21.2. The number of unbranched alkanes of at least 4 members (excludes halogenated alkanes) is 2. The molecule has 8 nitrogen and oxygen atoms in total. The molecule has 204 valence electrons. The quantitative estimate of drug-likeness (QED) is 0.187. The molecule has 0 saturated carbocycles. The first-order chi connectivity index (χ1) is 18.6. The molecule has 1 saturated heterocycles. The maximum atomic E-state index is 13.5. The van der Waals surface area contributed by atoms with E-state index in [0.29, 0.717) is 60.7 Å². The smallest absolute Gasteiger partial charge is 0.417 e. The highest BCUT2D eigenvalue weighted by Crippen LogP contribution is 2.37. The van der Waals surface area contributed by atoms with E-state index in [1.54, 1.807) is 24.3 Å². The van der Waals surface area contributed by atoms with Crippen LogP contribution in [0.15, 0.2) is 51.7 Å². The molecule has 2 heterocycles. The first kappa shape index (κ1) is 27.7. The maximum absolute atomic E-state index is 13.5. The van der Waals surface area contributed by atoms with Crippen molar-refractivity contribution in [1.82, 2.24) is 4.90 Å². The Bertz CT molecular complexity index is 1480. The number of hydrogen-bond donors (Lipinski definition) is 0. The Morgan fingerprint density at radius 1 is 1.05 bits per heavy atom. The van der Waals surface area contributed by atoms with Crippen LogP contribution in [0.4, 0.5) is 23.7 Å². The van der Waals surface area contributed by atoms with E-state index in [4.69, 9.17) is 14.4 Å². The highest BCUT2D eigenvalue weighted by atomic mass is 19.4. The molecule has 4 rings (SSSR count). The standard InChI is InChI=1S/C28H26F3N3O5/c1-2-6-21-23(12-11-20-22(28(29,30)31)15-25(36)39-26(20)21)38-14-5-3-4-13-33-24(35)17-34(27(33)37)19-9-7-18(16-32)8-10-19/h7-12,15H,2-6,13-14,17H2,1H3. The Morgan fingerprint density at radius 2 is 1.79 bits per heavy atom. The summed E-state index contributed by atoms with van der Waals surface area (Å²) >= 11 is 0. The van der Waals surface area contributed by atoms with Gasteiger partial charge in [0.1, 0.15) is 17.9 Å². The van der Waals surface area contributed by atoms with E-state index in [9.17, 15) is 27.6 Å². The van der Waals surface area contributed by atoms with Crippen LogP contribution in [0, 0.1) is 11.3 Å². The van der Waals surface area contributed by atoms with Crippen molar-refractivity contribution in [3.05, 3.63) is 69.6 Å². The highest BCUT2D eigenvalue weighted by Gasteiger charge is 2.36. The first-order valence-electron chi connectivity index (χ1n) is 12.6. The molecule has 0 aliphatic carbocycles. The van der Waals surface area contributed by atoms with Crippen molar-refractivity contribution in [1.29, 1.82) is 5.26 Å². The molecule has 1 aliphatic heterocycles. The molecular weight excluding hydrogens is 515 g/mol. The fourth-order valence-electron chi connectivity index (χ4n) is 4.53. The molecule has 0 atom stereocenters. The van der Waals surface area contributed by atoms with Gasteiger partial charge in [-0.15, -0.1) is 0 Å². The SMILES string of the molecule is CCCc1c(OCCCCCN2C(=O)CN(c3ccc(C#N)cc3)C2=O)ccc2c(C(F)(F)F)cc(=O)oc12. The zero-order chi connectivity index (χ0) is 28.2. The molecule has 1 aliphatic rings. The average Bonchev–Trinajstić information content (AvgIpc) is 3.19. The first-order valence-corrected chi connectivity index (χ1v) is 12.6. The van der Waals surface area contributed by atoms with Crippen LogP contribution >= 0.6 is 0 Å². The number of imide groups is 1. The molecule has 39 heavy (non-hydrogen) atoms. The number of amides is 3. The molecule has 0 unspecified atom stereocenters. The summed E-state index contributed by atoms with van der Waals surface area (Å²) in [5.74, 6) is 0.0514. The molecule has 0 radical (unpaired) electrons. The lowest BCUT2D eigenvalue weighted by Gasteiger charge is -2.17. The van der Waals surface area contributed by atoms with Gasteiger partial charge in [-0.05, 0) is 62.1 Å². The Morgan fingerprint density at radius 3 is 2.46 bits per heavy atom. The van der Waals surface area contributed by atoms with Gasteiger partial charge in [-0.3, -0.25) is 14.6 Å². The summed E-state index contributed by atoms with van der Waals surface area (Å²) in [7, 11) is 0. The summed E-state index contributed by atoms with van der Waals surface area (Å²) in [6, 6.07) is 11.2. The van der Waals surface area contributed by atoms with Crippen LogP contribution < -0.4 is 15.3 Å². The Hall–Kier alpha value is -4.33. The van der Waals surface area contributed by atoms with Crippen molar-refractivity contribution < 1.29 is 31.9 Å². The van der Waals surface area contributed by atoms with Crippen LogP contribution in [0.25, 0.3) is 11.0 Å². The van der Waals surface area contributed by atoms with Crippen molar-refractivity contribution >= 4 is 28.6 Å². The van der Waals surface area contributed by atoms with Crippen molar-refractivity contribution in [2.45, 2.75) is 45.2 Å². The van der Waals surface area contributed by atoms with Gasteiger partial charge < -0.3 is 9.15 Å². The van der Waals surface area contributed by atoms with Crippen molar-refractivity contribution in [2.75, 3.05) is 24.6 Å². The van der Waals surface area contributed by atoms with Crippen molar-refractivity contribution in [2.24, 2.45) is 0 Å². The van der Waals surface area contributed by atoms with Gasteiger partial charge in [-0.2, -0.15) is 18.4 Å². The number of aryl methyl sites for hydroxylation is 1. The van der Waals surface area contributed by atoms with Gasteiger partial charge in [-0.1, -0.05) is 13.3 Å². The number of fused-ring (bicyclic) bond motifs is 1. The Kier molecular flexibility index (Phi) is 8.24. The van der Waals surface area contributed by atoms with Gasteiger partial charge in [0.25, 0.3) is 5.91 Å². The number of benzene rings is 2. The maximum Gasteiger partial charge on any atom is 0.417 e. The number of halogens is 3. The number of nitriles is 1. The van der Waals surface area contributed by atoms with Crippen LogP contribution in [-0.2, 0) is 17.4 Å². The fraction of sp³-hybridized carbons (Fsp3) is 0.357. The predicted octanol–water partition coefficient (Wildman–Crippen LogP) is 5.65. The van der Waals surface area contributed by atoms with Gasteiger partial charge >= 0.3 is 17.8 Å². The van der Waals surface area contributed by atoms with Gasteiger partial charge in [0.2, 0.25) is 0 Å². The summed E-state index contributed by atoms with van der Waals surface area (Å²) in [6.07, 6.45) is -1.97. The molecule has 3 amide bonds. The molecule has 11 heteroatoms. The third-order valence-corrected chi connectivity index (χ3v) is 6.43. The number of rotatable bonds is 10. The number of urea groups is 1. The number of carbonyl (C=O) groups is 2. The minimum atomic E-state index is -4.70. The predicted molar refractivity (Wildman–Crippen MR) is 136 cm³/mol. The Balaban J connectivity index is 1.34. The Labute approximate surface area is 222 Å². The third kappa shape index (κ3) is 6.06. The van der Waals surface area contributed by atoms with Crippen molar-refractivity contribution in [3.63, 3.8) is 0 Å². The van der Waals surface area contributed by atoms with E-state index in [1.165, 1.54) is 21.9 Å². The lowest BCUT2D eigenvalue weighted by Crippen LogP contribution is -2.33. The van der Waals surface area contributed by atoms with Crippen LogP contribution in [-0.4, -0.2) is 36.5 Å². The molecule has 0 N–H and O–H groups in total. The lowest BCUT2D eigenvalue weighted by atomic mass is 10.0. The van der Waals surface area contributed by atoms with Crippen LogP contribution in [0.2, 0.25) is 0 Å². The van der Waals surface area contributed by atoms with Gasteiger partial charge in [-0.25, -0.2) is 9.59 Å². The van der Waals surface area contributed by atoms with Crippen LogP contribution in [0.1, 0.15) is 49.3 Å². The topological polar surface area (TPSA) is 104 Å². The molecule has 2 aromatic carbocycles. The zero-order valence-electron chi connectivity index (χ0n) is 21.2.